The molecule has 21 heavy (non-hydrogen) atoms. The molecule has 108 valence electrons. The quantitative estimate of drug-likeness (QED) is 0.812. The first kappa shape index (κ1) is 15.6. The van der Waals surface area contributed by atoms with Crippen molar-refractivity contribution in [1.82, 2.24) is 0 Å². The topological polar surface area (TPSA) is 34.1 Å². The molecule has 0 aliphatic carbocycles. The maximum Gasteiger partial charge on any atom is 0.107 e. The van der Waals surface area contributed by atoms with Crippen LogP contribution in [0.5, 0.6) is 0 Å². The normalized spacial score (nSPS) is 14.5. The summed E-state index contributed by atoms with van der Waals surface area (Å²) < 4.78 is 23.7. The summed E-state index contributed by atoms with van der Waals surface area (Å²) in [6.45, 7) is 0. The highest BCUT2D eigenvalue weighted by molar-refractivity contribution is 8.04. The summed E-state index contributed by atoms with van der Waals surface area (Å²) in [6, 6.07) is 19.3. The Bertz CT molecular complexity index is 602. The van der Waals surface area contributed by atoms with Crippen molar-refractivity contribution in [2.75, 3.05) is 5.08 Å². The van der Waals surface area contributed by atoms with E-state index in [1.165, 1.54) is 0 Å². The first-order chi connectivity index (χ1) is 10.2. The van der Waals surface area contributed by atoms with E-state index in [1.54, 1.807) is 23.0 Å². The van der Waals surface area contributed by atoms with Gasteiger partial charge in [-0.3, -0.25) is 8.42 Å². The van der Waals surface area contributed by atoms with E-state index in [2.05, 4.69) is 0 Å². The second kappa shape index (κ2) is 8.49. The third-order valence-corrected chi connectivity index (χ3v) is 5.39. The Kier molecular flexibility index (Phi) is 6.31. The Labute approximate surface area is 130 Å². The van der Waals surface area contributed by atoms with Crippen LogP contribution < -0.4 is 0 Å². The van der Waals surface area contributed by atoms with Gasteiger partial charge in [-0.25, -0.2) is 0 Å². The van der Waals surface area contributed by atoms with Crippen molar-refractivity contribution in [3.8, 4) is 0 Å². The maximum absolute atomic E-state index is 11.8. The van der Waals surface area contributed by atoms with Gasteiger partial charge in [-0.15, -0.1) is 0 Å². The van der Waals surface area contributed by atoms with Crippen molar-refractivity contribution >= 4 is 33.8 Å². The lowest BCUT2D eigenvalue weighted by atomic mass is 10.2. The van der Waals surface area contributed by atoms with E-state index in [0.29, 0.717) is 0 Å². The maximum atomic E-state index is 11.8. The minimum atomic E-state index is -1.24. The van der Waals surface area contributed by atoms with Crippen LogP contribution in [-0.4, -0.2) is 13.5 Å². The molecule has 0 aliphatic rings. The highest BCUT2D eigenvalue weighted by Crippen LogP contribution is 2.05. The molecule has 2 unspecified atom stereocenters. The van der Waals surface area contributed by atoms with Crippen LogP contribution in [0.4, 0.5) is 0 Å². The van der Waals surface area contributed by atoms with E-state index in [1.807, 2.05) is 60.7 Å². The number of rotatable bonds is 6. The molecule has 0 aliphatic heterocycles. The predicted molar refractivity (Wildman–Crippen MR) is 92.1 cm³/mol. The number of hydrogen-bond donors (Lipinski definition) is 0. The van der Waals surface area contributed by atoms with Gasteiger partial charge in [0.25, 0.3) is 0 Å². The van der Waals surface area contributed by atoms with Gasteiger partial charge >= 0.3 is 0 Å². The fraction of sp³-hybridized carbons (Fsp3) is 0.0588. The van der Waals surface area contributed by atoms with Gasteiger partial charge in [0.1, 0.15) is 5.08 Å². The molecule has 2 rings (SSSR count). The Balaban J connectivity index is 1.87. The molecule has 0 saturated carbocycles. The molecule has 2 aromatic carbocycles. The van der Waals surface area contributed by atoms with Crippen LogP contribution in [0, 0.1) is 0 Å². The summed E-state index contributed by atoms with van der Waals surface area (Å²) in [7, 11) is -2.48. The molecule has 0 radical (unpaired) electrons. The minimum absolute atomic E-state index is 0.118. The molecular weight excluding hydrogens is 300 g/mol. The van der Waals surface area contributed by atoms with Crippen LogP contribution in [0.15, 0.2) is 71.5 Å². The second-order valence-electron chi connectivity index (χ2n) is 4.31. The number of hydrogen-bond acceptors (Lipinski definition) is 2. The highest BCUT2D eigenvalue weighted by atomic mass is 32.2. The van der Waals surface area contributed by atoms with Crippen LogP contribution >= 0.6 is 0 Å². The van der Waals surface area contributed by atoms with E-state index in [-0.39, 0.29) is 5.08 Å². The third kappa shape index (κ3) is 6.02. The standard InChI is InChI=1S/C17H16O2S2/c18-20(13-11-16-7-3-1-4-8-16)15-21(19)14-12-17-9-5-2-6-10-17/h1-14H,15H2/b13-11-,14-12+. The first-order valence-corrected chi connectivity index (χ1v) is 9.21. The van der Waals surface area contributed by atoms with Gasteiger partial charge in [0, 0.05) is 10.8 Å². The second-order valence-corrected chi connectivity index (χ2v) is 7.32. The zero-order chi connectivity index (χ0) is 14.9. The SMILES string of the molecule is O=S(/C=C\c1ccccc1)CS(=O)/C=C/c1ccccc1. The Morgan fingerprint density at radius 1 is 0.667 bits per heavy atom. The van der Waals surface area contributed by atoms with Gasteiger partial charge in [-0.2, -0.15) is 0 Å². The van der Waals surface area contributed by atoms with Gasteiger partial charge in [0.15, 0.2) is 0 Å². The first-order valence-electron chi connectivity index (χ1n) is 6.45. The van der Waals surface area contributed by atoms with Gasteiger partial charge in [-0.05, 0) is 23.3 Å². The molecule has 0 aromatic heterocycles. The molecule has 4 heteroatoms. The zero-order valence-corrected chi connectivity index (χ0v) is 13.1. The van der Waals surface area contributed by atoms with Crippen LogP contribution in [0.3, 0.4) is 0 Å². The average molecular weight is 316 g/mol. The van der Waals surface area contributed by atoms with Crippen molar-refractivity contribution < 1.29 is 8.42 Å². The van der Waals surface area contributed by atoms with Gasteiger partial charge in [-0.1, -0.05) is 60.7 Å². The molecule has 2 aromatic rings. The molecule has 0 N–H and O–H groups in total. The van der Waals surface area contributed by atoms with Crippen molar-refractivity contribution in [2.24, 2.45) is 0 Å². The Hall–Kier alpha value is -1.78. The largest absolute Gasteiger partial charge is 0.254 e. The van der Waals surface area contributed by atoms with E-state index < -0.39 is 21.6 Å². The van der Waals surface area contributed by atoms with Crippen LogP contribution in [-0.2, 0) is 21.6 Å². The van der Waals surface area contributed by atoms with Crippen LogP contribution in [0.1, 0.15) is 11.1 Å². The summed E-state index contributed by atoms with van der Waals surface area (Å²) in [5, 5.41) is 3.29. The molecule has 0 amide bonds. The molecule has 2 nitrogen and oxygen atoms in total. The Morgan fingerprint density at radius 2 is 1.05 bits per heavy atom. The fourth-order valence-corrected chi connectivity index (χ4v) is 3.79. The predicted octanol–water partition coefficient (Wildman–Crippen LogP) is 3.78. The lowest BCUT2D eigenvalue weighted by Crippen LogP contribution is -1.98. The Morgan fingerprint density at radius 3 is 1.43 bits per heavy atom. The average Bonchev–Trinajstić information content (AvgIpc) is 2.53. The summed E-state index contributed by atoms with van der Waals surface area (Å²) >= 11 is 0. The molecule has 0 fully saturated rings. The van der Waals surface area contributed by atoms with E-state index >= 15 is 0 Å². The minimum Gasteiger partial charge on any atom is -0.254 e. The zero-order valence-electron chi connectivity index (χ0n) is 11.4. The fourth-order valence-electron chi connectivity index (χ4n) is 1.63. The lowest BCUT2D eigenvalue weighted by molar-refractivity contribution is 0.685. The van der Waals surface area contributed by atoms with Crippen LogP contribution in [0.2, 0.25) is 0 Å². The smallest absolute Gasteiger partial charge is 0.107 e. The van der Waals surface area contributed by atoms with Crippen LogP contribution in [0.25, 0.3) is 12.2 Å². The molecule has 0 bridgehead atoms. The van der Waals surface area contributed by atoms with Crippen molar-refractivity contribution in [3.05, 3.63) is 82.6 Å². The monoisotopic (exact) mass is 316 g/mol. The molecule has 0 spiro atoms. The molecule has 0 heterocycles. The molecule has 2 atom stereocenters. The highest BCUT2D eigenvalue weighted by Gasteiger charge is 2.00. The van der Waals surface area contributed by atoms with Gasteiger partial charge in [0.2, 0.25) is 0 Å². The lowest BCUT2D eigenvalue weighted by Gasteiger charge is -1.95. The van der Waals surface area contributed by atoms with Crippen molar-refractivity contribution in [2.45, 2.75) is 0 Å². The molecule has 0 saturated heterocycles. The van der Waals surface area contributed by atoms with Gasteiger partial charge < -0.3 is 0 Å². The number of benzene rings is 2. The summed E-state index contributed by atoms with van der Waals surface area (Å²) in [5.41, 5.74) is 1.97. The van der Waals surface area contributed by atoms with E-state index in [9.17, 15) is 8.42 Å². The summed E-state index contributed by atoms with van der Waals surface area (Å²) in [4.78, 5) is 0. The summed E-state index contributed by atoms with van der Waals surface area (Å²) in [6.07, 6.45) is 3.57. The van der Waals surface area contributed by atoms with Crippen molar-refractivity contribution in [1.29, 1.82) is 0 Å². The van der Waals surface area contributed by atoms with Crippen molar-refractivity contribution in [3.63, 3.8) is 0 Å². The van der Waals surface area contributed by atoms with E-state index in [4.69, 9.17) is 0 Å². The van der Waals surface area contributed by atoms with Gasteiger partial charge in [0.05, 0.1) is 21.6 Å². The third-order valence-electron chi connectivity index (χ3n) is 2.66. The summed E-state index contributed by atoms with van der Waals surface area (Å²) in [5.74, 6) is 0. The molecular formula is C17H16O2S2. The van der Waals surface area contributed by atoms with E-state index in [0.717, 1.165) is 11.1 Å².